The quantitative estimate of drug-likeness (QED) is 0.507. The molecule has 1 aromatic heterocycles. The second-order valence-corrected chi connectivity index (χ2v) is 13.6. The lowest BCUT2D eigenvalue weighted by molar-refractivity contribution is -0.136. The second-order valence-electron chi connectivity index (χ2n) is 10.9. The third-order valence-electron chi connectivity index (χ3n) is 8.18. The number of benzene rings is 1. The first-order valence-electron chi connectivity index (χ1n) is 13.2. The van der Waals surface area contributed by atoms with Crippen molar-refractivity contribution < 1.29 is 13.2 Å². The number of halogens is 1. The molecule has 1 aliphatic carbocycles. The molecule has 1 atom stereocenters. The molecule has 1 aromatic carbocycles. The van der Waals surface area contributed by atoms with Crippen LogP contribution >= 0.6 is 11.6 Å². The summed E-state index contributed by atoms with van der Waals surface area (Å²) in [7, 11) is -3.62. The molecule has 198 valence electrons. The number of nitrogens with one attached hydrogen (secondary N) is 1. The van der Waals surface area contributed by atoms with Gasteiger partial charge in [0.25, 0.3) is 0 Å². The minimum absolute atomic E-state index is 0.140. The van der Waals surface area contributed by atoms with Gasteiger partial charge < -0.3 is 9.47 Å². The van der Waals surface area contributed by atoms with Gasteiger partial charge in [0, 0.05) is 37.1 Å². The number of likely N-dealkylation sites (tertiary alicyclic amines) is 1. The standard InChI is InChI=1S/C27H39ClN4O3S/c1-21(2)36(34,35)30-25(18-22-8-10-24(28)11-9-22)26(33)32-15-12-27(13-16-32,19-31-17-14-29-20-31)23-6-4-3-5-7-23/h8-11,14,17,20-21,23,25,30H,3-7,12-13,15-16,18-19H2,1-2H3. The Hall–Kier alpha value is -1.90. The van der Waals surface area contributed by atoms with Crippen LogP contribution in [0.4, 0.5) is 0 Å². The second kappa shape index (κ2) is 11.7. The predicted octanol–water partition coefficient (Wildman–Crippen LogP) is 4.66. The number of nitrogens with zero attached hydrogens (tertiary/aromatic N) is 3. The summed E-state index contributed by atoms with van der Waals surface area (Å²) in [6.45, 7) is 5.46. The average molecular weight is 535 g/mol. The molecule has 0 bridgehead atoms. The van der Waals surface area contributed by atoms with E-state index >= 15 is 0 Å². The first-order valence-corrected chi connectivity index (χ1v) is 15.1. The van der Waals surface area contributed by atoms with Gasteiger partial charge in [-0.15, -0.1) is 0 Å². The third kappa shape index (κ3) is 6.50. The van der Waals surface area contributed by atoms with Gasteiger partial charge in [-0.25, -0.2) is 18.1 Å². The molecular formula is C27H39ClN4O3S. The Bertz CT molecular complexity index is 1090. The van der Waals surface area contributed by atoms with Crippen LogP contribution in [0.1, 0.15) is 64.4 Å². The van der Waals surface area contributed by atoms with E-state index < -0.39 is 21.3 Å². The van der Waals surface area contributed by atoms with Crippen molar-refractivity contribution >= 4 is 27.5 Å². The predicted molar refractivity (Wildman–Crippen MR) is 143 cm³/mol. The highest BCUT2D eigenvalue weighted by atomic mass is 35.5. The van der Waals surface area contributed by atoms with Gasteiger partial charge >= 0.3 is 0 Å². The van der Waals surface area contributed by atoms with Crippen LogP contribution < -0.4 is 4.72 Å². The van der Waals surface area contributed by atoms with Crippen LogP contribution in [-0.4, -0.2) is 53.2 Å². The van der Waals surface area contributed by atoms with E-state index in [0.717, 1.165) is 24.9 Å². The van der Waals surface area contributed by atoms with Gasteiger partial charge in [-0.3, -0.25) is 4.79 Å². The SMILES string of the molecule is CC(C)S(=O)(=O)NC(Cc1ccc(Cl)cc1)C(=O)N1CCC(Cn2ccnc2)(C2CCCCC2)CC1. The zero-order valence-electron chi connectivity index (χ0n) is 21.4. The molecule has 36 heavy (non-hydrogen) atoms. The van der Waals surface area contributed by atoms with Crippen LogP contribution in [0.3, 0.4) is 0 Å². The number of carbonyl (C=O) groups is 1. The fourth-order valence-electron chi connectivity index (χ4n) is 5.92. The molecule has 7 nitrogen and oxygen atoms in total. The molecule has 0 radical (unpaired) electrons. The number of carbonyl (C=O) groups excluding carboxylic acids is 1. The van der Waals surface area contributed by atoms with Gasteiger partial charge in [0.2, 0.25) is 15.9 Å². The van der Waals surface area contributed by atoms with Crippen LogP contribution in [-0.2, 0) is 27.8 Å². The highest BCUT2D eigenvalue weighted by molar-refractivity contribution is 7.90. The van der Waals surface area contributed by atoms with Crippen LogP contribution in [0.2, 0.25) is 5.02 Å². The molecule has 1 saturated heterocycles. The van der Waals surface area contributed by atoms with Crippen molar-refractivity contribution in [3.05, 3.63) is 53.6 Å². The topological polar surface area (TPSA) is 84.3 Å². The maximum Gasteiger partial charge on any atom is 0.241 e. The fraction of sp³-hybridized carbons (Fsp3) is 0.630. The van der Waals surface area contributed by atoms with E-state index in [9.17, 15) is 13.2 Å². The van der Waals surface area contributed by atoms with Crippen LogP contribution in [0.25, 0.3) is 0 Å². The summed E-state index contributed by atoms with van der Waals surface area (Å²) in [5.74, 6) is 0.504. The van der Waals surface area contributed by atoms with Gasteiger partial charge in [0.05, 0.1) is 11.6 Å². The van der Waals surface area contributed by atoms with E-state index in [2.05, 4.69) is 14.3 Å². The number of amides is 1. The molecule has 2 aliphatic rings. The smallest absolute Gasteiger partial charge is 0.241 e. The highest BCUT2D eigenvalue weighted by Crippen LogP contribution is 2.47. The Morgan fingerprint density at radius 2 is 1.81 bits per heavy atom. The van der Waals surface area contributed by atoms with Crippen molar-refractivity contribution in [2.24, 2.45) is 11.3 Å². The molecule has 2 aromatic rings. The van der Waals surface area contributed by atoms with Gasteiger partial charge in [-0.1, -0.05) is 43.0 Å². The summed E-state index contributed by atoms with van der Waals surface area (Å²) in [6.07, 6.45) is 14.2. The summed E-state index contributed by atoms with van der Waals surface area (Å²) >= 11 is 6.03. The van der Waals surface area contributed by atoms with Crippen molar-refractivity contribution in [2.75, 3.05) is 13.1 Å². The summed E-state index contributed by atoms with van der Waals surface area (Å²) in [6, 6.07) is 6.40. The van der Waals surface area contributed by atoms with Crippen molar-refractivity contribution in [2.45, 2.75) is 83.1 Å². The molecule has 1 saturated carbocycles. The van der Waals surface area contributed by atoms with Crippen LogP contribution in [0, 0.1) is 11.3 Å². The maximum absolute atomic E-state index is 13.7. The van der Waals surface area contributed by atoms with E-state index in [4.69, 9.17) is 11.6 Å². The van der Waals surface area contributed by atoms with Crippen molar-refractivity contribution in [1.29, 1.82) is 0 Å². The Labute approximate surface area is 220 Å². The number of sulfonamides is 1. The highest BCUT2D eigenvalue weighted by Gasteiger charge is 2.43. The molecule has 1 N–H and O–H groups in total. The van der Waals surface area contributed by atoms with E-state index in [0.29, 0.717) is 30.5 Å². The molecule has 1 aliphatic heterocycles. The number of hydrogen-bond donors (Lipinski definition) is 1. The normalized spacial score (nSPS) is 19.9. The molecular weight excluding hydrogens is 496 g/mol. The zero-order chi connectivity index (χ0) is 25.8. The number of piperidine rings is 1. The molecule has 2 fully saturated rings. The van der Waals surface area contributed by atoms with Crippen LogP contribution in [0.15, 0.2) is 43.0 Å². The number of aromatic nitrogens is 2. The summed E-state index contributed by atoms with van der Waals surface area (Å²) < 4.78 is 30.4. The minimum Gasteiger partial charge on any atom is -0.341 e. The fourth-order valence-corrected chi connectivity index (χ4v) is 6.90. The van der Waals surface area contributed by atoms with Crippen LogP contribution in [0.5, 0.6) is 0 Å². The monoisotopic (exact) mass is 534 g/mol. The summed E-state index contributed by atoms with van der Waals surface area (Å²) in [4.78, 5) is 19.9. The first kappa shape index (κ1) is 27.1. The largest absolute Gasteiger partial charge is 0.341 e. The van der Waals surface area contributed by atoms with E-state index in [1.807, 2.05) is 35.8 Å². The van der Waals surface area contributed by atoms with Crippen molar-refractivity contribution in [3.8, 4) is 0 Å². The van der Waals surface area contributed by atoms with Gasteiger partial charge in [0.1, 0.15) is 6.04 Å². The molecule has 1 unspecified atom stereocenters. The first-order chi connectivity index (χ1) is 17.2. The lowest BCUT2D eigenvalue weighted by atomic mass is 9.63. The minimum atomic E-state index is -3.62. The Morgan fingerprint density at radius 1 is 1.14 bits per heavy atom. The Kier molecular flexibility index (Phi) is 8.79. The van der Waals surface area contributed by atoms with E-state index in [1.165, 1.54) is 32.1 Å². The summed E-state index contributed by atoms with van der Waals surface area (Å²) in [5.41, 5.74) is 1.01. The lowest BCUT2D eigenvalue weighted by Gasteiger charge is -2.48. The van der Waals surface area contributed by atoms with E-state index in [-0.39, 0.29) is 11.3 Å². The van der Waals surface area contributed by atoms with Gasteiger partial charge in [0.15, 0.2) is 0 Å². The lowest BCUT2D eigenvalue weighted by Crippen LogP contribution is -2.55. The number of imidazole rings is 1. The van der Waals surface area contributed by atoms with E-state index in [1.54, 1.807) is 26.0 Å². The maximum atomic E-state index is 13.7. The zero-order valence-corrected chi connectivity index (χ0v) is 23.0. The van der Waals surface area contributed by atoms with Gasteiger partial charge in [-0.05, 0) is 75.0 Å². The van der Waals surface area contributed by atoms with Crippen molar-refractivity contribution in [1.82, 2.24) is 19.2 Å². The Morgan fingerprint density at radius 3 is 2.39 bits per heavy atom. The average Bonchev–Trinajstić information content (AvgIpc) is 3.38. The molecule has 0 spiro atoms. The summed E-state index contributed by atoms with van der Waals surface area (Å²) in [5, 5.41) is -0.00846. The molecule has 1 amide bonds. The molecule has 4 rings (SSSR count). The Balaban J connectivity index is 1.51. The third-order valence-corrected chi connectivity index (χ3v) is 10.3. The number of rotatable bonds is 9. The molecule has 9 heteroatoms. The molecule has 2 heterocycles. The number of hydrogen-bond acceptors (Lipinski definition) is 4. The van der Waals surface area contributed by atoms with Crippen molar-refractivity contribution in [3.63, 3.8) is 0 Å². The van der Waals surface area contributed by atoms with Gasteiger partial charge in [-0.2, -0.15) is 0 Å².